The number of esters is 1. The molecule has 4 nitrogen and oxygen atoms in total. The summed E-state index contributed by atoms with van der Waals surface area (Å²) in [4.78, 5) is 12.2. The van der Waals surface area contributed by atoms with Crippen LogP contribution in [0.4, 0.5) is 5.69 Å². The lowest BCUT2D eigenvalue weighted by molar-refractivity contribution is -0.145. The molecule has 3 aliphatic rings. The van der Waals surface area contributed by atoms with E-state index in [1.54, 1.807) is 0 Å². The SMILES string of the molecule is COC(=O)[C@@H](C)[C@H](c1ccc2c(c1)NC(C1CCNCC1)CC2)C1CC1. The molecule has 1 saturated heterocycles. The van der Waals surface area contributed by atoms with Gasteiger partial charge in [-0.2, -0.15) is 0 Å². The van der Waals surface area contributed by atoms with Crippen molar-refractivity contribution >= 4 is 11.7 Å². The second-order valence-electron chi connectivity index (χ2n) is 8.47. The maximum Gasteiger partial charge on any atom is 0.309 e. The molecule has 142 valence electrons. The first-order chi connectivity index (χ1) is 12.7. The highest BCUT2D eigenvalue weighted by atomic mass is 16.5. The molecule has 2 N–H and O–H groups in total. The van der Waals surface area contributed by atoms with E-state index in [1.807, 2.05) is 6.92 Å². The Bertz CT molecular complexity index is 650. The van der Waals surface area contributed by atoms with Crippen LogP contribution in [-0.2, 0) is 16.0 Å². The molecule has 2 heterocycles. The Kier molecular flexibility index (Phi) is 5.21. The van der Waals surface area contributed by atoms with Gasteiger partial charge in [-0.3, -0.25) is 4.79 Å². The van der Waals surface area contributed by atoms with Crippen LogP contribution in [0.2, 0.25) is 0 Å². The lowest BCUT2D eigenvalue weighted by Gasteiger charge is -2.36. The number of carbonyl (C=O) groups excluding carboxylic acids is 1. The quantitative estimate of drug-likeness (QED) is 0.790. The molecule has 4 rings (SSSR count). The van der Waals surface area contributed by atoms with Crippen LogP contribution in [0.3, 0.4) is 0 Å². The Balaban J connectivity index is 1.55. The van der Waals surface area contributed by atoms with Gasteiger partial charge in [0, 0.05) is 11.7 Å². The van der Waals surface area contributed by atoms with Crippen LogP contribution in [-0.4, -0.2) is 32.2 Å². The number of carbonyl (C=O) groups is 1. The highest BCUT2D eigenvalue weighted by Crippen LogP contribution is 2.48. The summed E-state index contributed by atoms with van der Waals surface area (Å²) >= 11 is 0. The Morgan fingerprint density at radius 1 is 1.15 bits per heavy atom. The van der Waals surface area contributed by atoms with Crippen molar-refractivity contribution in [1.82, 2.24) is 5.32 Å². The summed E-state index contributed by atoms with van der Waals surface area (Å²) in [7, 11) is 1.50. The van der Waals surface area contributed by atoms with Crippen LogP contribution in [0.15, 0.2) is 18.2 Å². The molecule has 1 aliphatic carbocycles. The number of rotatable bonds is 5. The van der Waals surface area contributed by atoms with Crippen molar-refractivity contribution in [3.63, 3.8) is 0 Å². The predicted molar refractivity (Wildman–Crippen MR) is 104 cm³/mol. The first kappa shape index (κ1) is 17.8. The van der Waals surface area contributed by atoms with Gasteiger partial charge < -0.3 is 15.4 Å². The third-order valence-electron chi connectivity index (χ3n) is 6.78. The molecule has 0 spiro atoms. The average Bonchev–Trinajstić information content (AvgIpc) is 3.52. The van der Waals surface area contributed by atoms with E-state index in [-0.39, 0.29) is 17.8 Å². The molecule has 1 saturated carbocycles. The van der Waals surface area contributed by atoms with Crippen molar-refractivity contribution in [2.24, 2.45) is 17.8 Å². The molecular weight excluding hydrogens is 324 g/mol. The Labute approximate surface area is 157 Å². The van der Waals surface area contributed by atoms with Crippen LogP contribution in [0.5, 0.6) is 0 Å². The monoisotopic (exact) mass is 356 g/mol. The van der Waals surface area contributed by atoms with E-state index >= 15 is 0 Å². The van der Waals surface area contributed by atoms with Crippen molar-refractivity contribution in [2.75, 3.05) is 25.5 Å². The number of piperidine rings is 1. The fraction of sp³-hybridized carbons (Fsp3) is 0.682. The summed E-state index contributed by atoms with van der Waals surface area (Å²) < 4.78 is 5.04. The van der Waals surface area contributed by atoms with Crippen molar-refractivity contribution in [1.29, 1.82) is 0 Å². The van der Waals surface area contributed by atoms with Gasteiger partial charge in [-0.1, -0.05) is 19.1 Å². The van der Waals surface area contributed by atoms with Crippen molar-refractivity contribution < 1.29 is 9.53 Å². The van der Waals surface area contributed by atoms with Crippen LogP contribution in [0.25, 0.3) is 0 Å². The average molecular weight is 357 g/mol. The summed E-state index contributed by atoms with van der Waals surface area (Å²) in [5.74, 6) is 1.54. The molecule has 0 bridgehead atoms. The molecule has 2 aliphatic heterocycles. The first-order valence-electron chi connectivity index (χ1n) is 10.3. The number of anilines is 1. The van der Waals surface area contributed by atoms with Gasteiger partial charge in [0.05, 0.1) is 13.0 Å². The smallest absolute Gasteiger partial charge is 0.309 e. The highest BCUT2D eigenvalue weighted by molar-refractivity contribution is 5.73. The zero-order valence-electron chi connectivity index (χ0n) is 16.1. The second-order valence-corrected chi connectivity index (χ2v) is 8.47. The minimum absolute atomic E-state index is 0.0747. The molecule has 1 unspecified atom stereocenters. The minimum Gasteiger partial charge on any atom is -0.469 e. The summed E-state index contributed by atoms with van der Waals surface area (Å²) in [6.45, 7) is 4.33. The van der Waals surface area contributed by atoms with Crippen LogP contribution in [0, 0.1) is 17.8 Å². The fourth-order valence-electron chi connectivity index (χ4n) is 5.09. The number of aryl methyl sites for hydroxylation is 1. The zero-order valence-corrected chi connectivity index (χ0v) is 16.1. The summed E-state index contributed by atoms with van der Waals surface area (Å²) in [6, 6.07) is 7.48. The maximum absolute atomic E-state index is 12.2. The van der Waals surface area contributed by atoms with Gasteiger partial charge in [-0.15, -0.1) is 0 Å². The van der Waals surface area contributed by atoms with Gasteiger partial charge in [-0.05, 0) is 86.6 Å². The van der Waals surface area contributed by atoms with E-state index in [9.17, 15) is 4.79 Å². The zero-order chi connectivity index (χ0) is 18.1. The van der Waals surface area contributed by atoms with Gasteiger partial charge in [0.15, 0.2) is 0 Å². The highest BCUT2D eigenvalue weighted by Gasteiger charge is 2.39. The lowest BCUT2D eigenvalue weighted by Crippen LogP contribution is -2.39. The molecule has 1 aromatic rings. The normalized spacial score (nSPS) is 25.7. The fourth-order valence-corrected chi connectivity index (χ4v) is 5.09. The third-order valence-corrected chi connectivity index (χ3v) is 6.78. The van der Waals surface area contributed by atoms with Gasteiger partial charge >= 0.3 is 5.97 Å². The van der Waals surface area contributed by atoms with Crippen LogP contribution in [0.1, 0.15) is 56.1 Å². The number of benzene rings is 1. The van der Waals surface area contributed by atoms with Crippen LogP contribution < -0.4 is 10.6 Å². The minimum atomic E-state index is -0.0832. The maximum atomic E-state index is 12.2. The Morgan fingerprint density at radius 2 is 1.92 bits per heavy atom. The van der Waals surface area contributed by atoms with E-state index < -0.39 is 0 Å². The number of hydrogen-bond acceptors (Lipinski definition) is 4. The van der Waals surface area contributed by atoms with Gasteiger partial charge in [0.1, 0.15) is 0 Å². The summed E-state index contributed by atoms with van der Waals surface area (Å²) in [5, 5.41) is 7.33. The molecule has 0 aromatic heterocycles. The van der Waals surface area contributed by atoms with Gasteiger partial charge in [-0.25, -0.2) is 0 Å². The van der Waals surface area contributed by atoms with E-state index in [4.69, 9.17) is 4.74 Å². The number of ether oxygens (including phenoxy) is 1. The van der Waals surface area contributed by atoms with Crippen molar-refractivity contribution in [3.05, 3.63) is 29.3 Å². The molecule has 0 radical (unpaired) electrons. The second kappa shape index (κ2) is 7.59. The first-order valence-corrected chi connectivity index (χ1v) is 10.3. The topological polar surface area (TPSA) is 50.4 Å². The molecule has 26 heavy (non-hydrogen) atoms. The Morgan fingerprint density at radius 3 is 2.62 bits per heavy atom. The molecule has 1 aromatic carbocycles. The Hall–Kier alpha value is -1.55. The van der Waals surface area contributed by atoms with Gasteiger partial charge in [0.2, 0.25) is 0 Å². The summed E-state index contributed by atoms with van der Waals surface area (Å²) in [6.07, 6.45) is 7.41. The molecular formula is C22H32N2O2. The van der Waals surface area contributed by atoms with E-state index in [0.29, 0.717) is 12.0 Å². The molecule has 0 amide bonds. The number of nitrogens with one attached hydrogen (secondary N) is 2. The number of fused-ring (bicyclic) bond motifs is 1. The van der Waals surface area contributed by atoms with Gasteiger partial charge in [0.25, 0.3) is 0 Å². The predicted octanol–water partition coefficient (Wildman–Crippen LogP) is 3.72. The molecule has 2 fully saturated rings. The summed E-state index contributed by atoms with van der Waals surface area (Å²) in [5.41, 5.74) is 4.04. The van der Waals surface area contributed by atoms with E-state index in [0.717, 1.165) is 25.4 Å². The number of methoxy groups -OCH3 is 1. The lowest BCUT2D eigenvalue weighted by atomic mass is 9.80. The molecule has 3 atom stereocenters. The van der Waals surface area contributed by atoms with E-state index in [2.05, 4.69) is 28.8 Å². The third kappa shape index (κ3) is 3.62. The van der Waals surface area contributed by atoms with Crippen LogP contribution >= 0.6 is 0 Å². The molecule has 4 heteroatoms. The number of hydrogen-bond donors (Lipinski definition) is 2. The largest absolute Gasteiger partial charge is 0.469 e. The van der Waals surface area contributed by atoms with E-state index in [1.165, 1.54) is 56.0 Å². The van der Waals surface area contributed by atoms with Crippen molar-refractivity contribution in [2.45, 2.75) is 57.4 Å². The van der Waals surface area contributed by atoms with Crippen molar-refractivity contribution in [3.8, 4) is 0 Å². The standard InChI is InChI=1S/C22H32N2O2/c1-14(22(25)26-2)21(17-4-5-17)18-6-3-15-7-8-19(24-20(15)13-18)16-9-11-23-12-10-16/h3,6,13-14,16-17,19,21,23-24H,4-5,7-12H2,1-2H3/t14-,19?,21-/m0/s1.